The quantitative estimate of drug-likeness (QED) is 0.769. The second-order valence-corrected chi connectivity index (χ2v) is 6.83. The molecule has 1 N–H and O–H groups in total. The highest BCUT2D eigenvalue weighted by molar-refractivity contribution is 5.78. The molecule has 0 bridgehead atoms. The SMILES string of the molecule is CCCCC1CCC(C(=O)NCc2cccc(COC)c2)CC1. The minimum Gasteiger partial charge on any atom is -0.380 e. The molecule has 0 aromatic heterocycles. The average molecular weight is 317 g/mol. The summed E-state index contributed by atoms with van der Waals surface area (Å²) in [6.07, 6.45) is 8.52. The summed E-state index contributed by atoms with van der Waals surface area (Å²) in [6, 6.07) is 8.23. The van der Waals surface area contributed by atoms with Gasteiger partial charge in [0.25, 0.3) is 0 Å². The molecule has 1 amide bonds. The van der Waals surface area contributed by atoms with Crippen LogP contribution in [0.25, 0.3) is 0 Å². The van der Waals surface area contributed by atoms with E-state index in [4.69, 9.17) is 4.74 Å². The monoisotopic (exact) mass is 317 g/mol. The molecule has 0 spiro atoms. The van der Waals surface area contributed by atoms with Crippen LogP contribution in [0.5, 0.6) is 0 Å². The molecule has 2 rings (SSSR count). The normalized spacial score (nSPS) is 21.1. The van der Waals surface area contributed by atoms with Crippen molar-refractivity contribution in [2.24, 2.45) is 11.8 Å². The summed E-state index contributed by atoms with van der Waals surface area (Å²) in [5.41, 5.74) is 2.29. The van der Waals surface area contributed by atoms with Gasteiger partial charge in [-0.3, -0.25) is 4.79 Å². The van der Waals surface area contributed by atoms with Crippen molar-refractivity contribution in [3.05, 3.63) is 35.4 Å². The molecule has 1 aliphatic carbocycles. The first-order valence-electron chi connectivity index (χ1n) is 9.07. The van der Waals surface area contributed by atoms with Crippen molar-refractivity contribution >= 4 is 5.91 Å². The fraction of sp³-hybridized carbons (Fsp3) is 0.650. The first-order valence-corrected chi connectivity index (χ1v) is 9.07. The summed E-state index contributed by atoms with van der Waals surface area (Å²) in [5.74, 6) is 1.30. The van der Waals surface area contributed by atoms with Crippen LogP contribution in [0.15, 0.2) is 24.3 Å². The van der Waals surface area contributed by atoms with Crippen LogP contribution in [0.1, 0.15) is 63.0 Å². The summed E-state index contributed by atoms with van der Waals surface area (Å²) >= 11 is 0. The van der Waals surface area contributed by atoms with Crippen molar-refractivity contribution in [1.82, 2.24) is 5.32 Å². The highest BCUT2D eigenvalue weighted by Crippen LogP contribution is 2.32. The van der Waals surface area contributed by atoms with E-state index < -0.39 is 0 Å². The second kappa shape index (κ2) is 9.71. The number of amides is 1. The van der Waals surface area contributed by atoms with Crippen LogP contribution in [0.3, 0.4) is 0 Å². The third kappa shape index (κ3) is 5.98. The zero-order chi connectivity index (χ0) is 16.5. The topological polar surface area (TPSA) is 38.3 Å². The van der Waals surface area contributed by atoms with Crippen LogP contribution >= 0.6 is 0 Å². The van der Waals surface area contributed by atoms with Gasteiger partial charge in [0.1, 0.15) is 0 Å². The second-order valence-electron chi connectivity index (χ2n) is 6.83. The van der Waals surface area contributed by atoms with Gasteiger partial charge >= 0.3 is 0 Å². The van der Waals surface area contributed by atoms with Crippen LogP contribution in [0.4, 0.5) is 0 Å². The molecule has 1 aromatic carbocycles. The maximum Gasteiger partial charge on any atom is 0.223 e. The Morgan fingerprint density at radius 3 is 2.65 bits per heavy atom. The Morgan fingerprint density at radius 1 is 1.22 bits per heavy atom. The van der Waals surface area contributed by atoms with Crippen LogP contribution < -0.4 is 5.32 Å². The highest BCUT2D eigenvalue weighted by atomic mass is 16.5. The third-order valence-electron chi connectivity index (χ3n) is 4.95. The van der Waals surface area contributed by atoms with E-state index in [1.807, 2.05) is 12.1 Å². The minimum atomic E-state index is 0.218. The maximum absolute atomic E-state index is 12.4. The zero-order valence-corrected chi connectivity index (χ0v) is 14.6. The van der Waals surface area contributed by atoms with Gasteiger partial charge in [-0.2, -0.15) is 0 Å². The first-order chi connectivity index (χ1) is 11.2. The predicted octanol–water partition coefficient (Wildman–Crippen LogP) is 4.45. The molecule has 3 nitrogen and oxygen atoms in total. The summed E-state index contributed by atoms with van der Waals surface area (Å²) in [7, 11) is 1.70. The van der Waals surface area contributed by atoms with Gasteiger partial charge in [0.05, 0.1) is 6.61 Å². The summed E-state index contributed by atoms with van der Waals surface area (Å²) in [4.78, 5) is 12.4. The van der Waals surface area contributed by atoms with Crippen LogP contribution in [0.2, 0.25) is 0 Å². The lowest BCUT2D eigenvalue weighted by Gasteiger charge is -2.27. The molecule has 128 valence electrons. The average Bonchev–Trinajstić information content (AvgIpc) is 2.59. The molecular weight excluding hydrogens is 286 g/mol. The molecule has 0 aliphatic heterocycles. The Hall–Kier alpha value is -1.35. The number of hydrogen-bond donors (Lipinski definition) is 1. The fourth-order valence-corrected chi connectivity index (χ4v) is 3.54. The Kier molecular flexibility index (Phi) is 7.60. The van der Waals surface area contributed by atoms with Gasteiger partial charge < -0.3 is 10.1 Å². The number of carbonyl (C=O) groups excluding carboxylic acids is 1. The Morgan fingerprint density at radius 2 is 1.96 bits per heavy atom. The molecule has 1 aromatic rings. The molecular formula is C20H31NO2. The minimum absolute atomic E-state index is 0.218. The maximum atomic E-state index is 12.4. The molecule has 1 aliphatic rings. The third-order valence-corrected chi connectivity index (χ3v) is 4.95. The van der Waals surface area contributed by atoms with E-state index >= 15 is 0 Å². The Balaban J connectivity index is 1.74. The molecule has 0 atom stereocenters. The van der Waals surface area contributed by atoms with Crippen LogP contribution in [0, 0.1) is 11.8 Å². The Bertz CT molecular complexity index is 478. The number of hydrogen-bond acceptors (Lipinski definition) is 2. The fourth-order valence-electron chi connectivity index (χ4n) is 3.54. The number of benzene rings is 1. The predicted molar refractivity (Wildman–Crippen MR) is 94.0 cm³/mol. The number of rotatable bonds is 8. The van der Waals surface area contributed by atoms with Crippen molar-refractivity contribution in [1.29, 1.82) is 0 Å². The van der Waals surface area contributed by atoms with E-state index in [0.29, 0.717) is 13.2 Å². The lowest BCUT2D eigenvalue weighted by atomic mass is 9.79. The summed E-state index contributed by atoms with van der Waals surface area (Å²) < 4.78 is 5.15. The largest absolute Gasteiger partial charge is 0.380 e. The van der Waals surface area contributed by atoms with E-state index in [2.05, 4.69) is 24.4 Å². The number of carbonyl (C=O) groups is 1. The number of unbranched alkanes of at least 4 members (excludes halogenated alkanes) is 1. The van der Waals surface area contributed by atoms with Gasteiger partial charge in [-0.15, -0.1) is 0 Å². The van der Waals surface area contributed by atoms with Crippen molar-refractivity contribution < 1.29 is 9.53 Å². The highest BCUT2D eigenvalue weighted by Gasteiger charge is 2.25. The first kappa shape index (κ1) is 18.0. The smallest absolute Gasteiger partial charge is 0.223 e. The van der Waals surface area contributed by atoms with E-state index in [-0.39, 0.29) is 11.8 Å². The van der Waals surface area contributed by atoms with Crippen molar-refractivity contribution in [3.8, 4) is 0 Å². The summed E-state index contributed by atoms with van der Waals surface area (Å²) in [5, 5.41) is 3.12. The molecule has 0 unspecified atom stereocenters. The lowest BCUT2D eigenvalue weighted by molar-refractivity contribution is -0.126. The molecule has 0 saturated heterocycles. The van der Waals surface area contributed by atoms with Crippen molar-refractivity contribution in [2.45, 2.75) is 65.0 Å². The Labute approximate surface area is 140 Å². The molecule has 1 fully saturated rings. The van der Waals surface area contributed by atoms with Gasteiger partial charge in [-0.05, 0) is 42.7 Å². The van der Waals surface area contributed by atoms with E-state index in [1.54, 1.807) is 7.11 Å². The van der Waals surface area contributed by atoms with Crippen LogP contribution in [-0.2, 0) is 22.7 Å². The van der Waals surface area contributed by atoms with Gasteiger partial charge in [-0.25, -0.2) is 0 Å². The van der Waals surface area contributed by atoms with Crippen LogP contribution in [-0.4, -0.2) is 13.0 Å². The number of nitrogens with one attached hydrogen (secondary N) is 1. The molecule has 3 heteroatoms. The zero-order valence-electron chi connectivity index (χ0n) is 14.6. The summed E-state index contributed by atoms with van der Waals surface area (Å²) in [6.45, 7) is 3.48. The number of ether oxygens (including phenoxy) is 1. The van der Waals surface area contributed by atoms with Crippen molar-refractivity contribution in [3.63, 3.8) is 0 Å². The number of methoxy groups -OCH3 is 1. The van der Waals surface area contributed by atoms with E-state index in [1.165, 1.54) is 32.1 Å². The van der Waals surface area contributed by atoms with Gasteiger partial charge in [0, 0.05) is 19.6 Å². The van der Waals surface area contributed by atoms with Gasteiger partial charge in [-0.1, -0.05) is 50.5 Å². The molecule has 0 radical (unpaired) electrons. The van der Waals surface area contributed by atoms with Crippen molar-refractivity contribution in [2.75, 3.05) is 7.11 Å². The molecule has 1 saturated carbocycles. The standard InChI is InChI=1S/C20H31NO2/c1-3-4-6-16-9-11-19(12-10-16)20(22)21-14-17-7-5-8-18(13-17)15-23-2/h5,7-8,13,16,19H,3-4,6,9-12,14-15H2,1-2H3,(H,21,22). The molecule has 0 heterocycles. The van der Waals surface area contributed by atoms with E-state index in [0.717, 1.165) is 29.9 Å². The van der Waals surface area contributed by atoms with Gasteiger partial charge in [0.2, 0.25) is 5.91 Å². The lowest BCUT2D eigenvalue weighted by Crippen LogP contribution is -2.32. The van der Waals surface area contributed by atoms with Gasteiger partial charge in [0.15, 0.2) is 0 Å². The molecule has 23 heavy (non-hydrogen) atoms. The van der Waals surface area contributed by atoms with E-state index in [9.17, 15) is 4.79 Å².